The van der Waals surface area contributed by atoms with E-state index >= 15 is 0 Å². The van der Waals surface area contributed by atoms with Gasteiger partial charge >= 0.3 is 5.97 Å². The fraction of sp³-hybridized carbons (Fsp3) is 0.222. The maximum absolute atomic E-state index is 10.5. The second-order valence-electron chi connectivity index (χ2n) is 2.86. The van der Waals surface area contributed by atoms with Gasteiger partial charge in [0.25, 0.3) is 0 Å². The number of benzene rings is 1. The van der Waals surface area contributed by atoms with Gasteiger partial charge < -0.3 is 10.2 Å². The number of carboxylic acids is 1. The molecule has 1 aromatic carbocycles. The van der Waals surface area contributed by atoms with Crippen LogP contribution < -0.4 is 0 Å². The molecule has 0 aliphatic heterocycles. The summed E-state index contributed by atoms with van der Waals surface area (Å²) in [5.41, 5.74) is 1.08. The van der Waals surface area contributed by atoms with Crippen molar-refractivity contribution in [2.24, 2.45) is 0 Å². The normalized spacial score (nSPS) is 12.6. The first kappa shape index (κ1) is 11.5. The molecule has 1 unspecified atom stereocenters. The van der Waals surface area contributed by atoms with Gasteiger partial charge in [-0.1, -0.05) is 27.5 Å². The molecule has 76 valence electrons. The minimum absolute atomic E-state index is 0.191. The highest BCUT2D eigenvalue weighted by molar-refractivity contribution is 9.10. The Morgan fingerprint density at radius 3 is 2.64 bits per heavy atom. The average Bonchev–Trinajstić information content (AvgIpc) is 2.10. The van der Waals surface area contributed by atoms with Crippen LogP contribution in [0.4, 0.5) is 0 Å². The fourth-order valence-corrected chi connectivity index (χ4v) is 1.69. The number of rotatable bonds is 2. The van der Waals surface area contributed by atoms with Crippen molar-refractivity contribution in [2.75, 3.05) is 0 Å². The summed E-state index contributed by atoms with van der Waals surface area (Å²) < 4.78 is 0.720. The Hall–Kier alpha value is -0.580. The van der Waals surface area contributed by atoms with E-state index in [4.69, 9.17) is 16.7 Å². The largest absolute Gasteiger partial charge is 0.479 e. The predicted molar refractivity (Wildman–Crippen MR) is 56.5 cm³/mol. The van der Waals surface area contributed by atoms with Crippen LogP contribution in [0.2, 0.25) is 5.02 Å². The molecule has 0 amide bonds. The number of halogens is 2. The number of aliphatic hydroxyl groups excluding tert-OH is 1. The highest BCUT2D eigenvalue weighted by Gasteiger charge is 2.19. The minimum atomic E-state index is -1.58. The van der Waals surface area contributed by atoms with E-state index in [1.807, 2.05) is 6.92 Å². The number of aryl methyl sites for hydroxylation is 1. The average molecular weight is 280 g/mol. The Balaban J connectivity index is 3.22. The standard InChI is InChI=1S/C9H8BrClO3/c1-4-2-7(11)5(3-6(4)10)8(12)9(13)14/h2-3,8,12H,1H3,(H,13,14). The van der Waals surface area contributed by atoms with Crippen LogP contribution in [0.5, 0.6) is 0 Å². The van der Waals surface area contributed by atoms with Gasteiger partial charge in [0.15, 0.2) is 6.10 Å². The monoisotopic (exact) mass is 278 g/mol. The third-order valence-corrected chi connectivity index (χ3v) is 2.99. The second kappa shape index (κ2) is 4.29. The number of aliphatic hydroxyl groups is 1. The summed E-state index contributed by atoms with van der Waals surface area (Å²) >= 11 is 9.03. The second-order valence-corrected chi connectivity index (χ2v) is 4.13. The Bertz CT molecular complexity index is 379. The zero-order valence-electron chi connectivity index (χ0n) is 7.29. The van der Waals surface area contributed by atoms with E-state index in [1.165, 1.54) is 6.07 Å². The SMILES string of the molecule is Cc1cc(Cl)c(C(O)C(=O)O)cc1Br. The molecule has 0 aromatic heterocycles. The minimum Gasteiger partial charge on any atom is -0.479 e. The summed E-state index contributed by atoms with van der Waals surface area (Å²) in [7, 11) is 0. The third-order valence-electron chi connectivity index (χ3n) is 1.81. The maximum Gasteiger partial charge on any atom is 0.337 e. The first-order valence-electron chi connectivity index (χ1n) is 3.80. The highest BCUT2D eigenvalue weighted by atomic mass is 79.9. The molecule has 0 aliphatic carbocycles. The third kappa shape index (κ3) is 2.26. The van der Waals surface area contributed by atoms with Gasteiger partial charge in [-0.25, -0.2) is 4.79 Å². The quantitative estimate of drug-likeness (QED) is 0.874. The van der Waals surface area contributed by atoms with E-state index in [0.717, 1.165) is 10.0 Å². The van der Waals surface area contributed by atoms with Crippen LogP contribution in [0.15, 0.2) is 16.6 Å². The molecule has 0 heterocycles. The topological polar surface area (TPSA) is 57.5 Å². The summed E-state index contributed by atoms with van der Waals surface area (Å²) in [6, 6.07) is 3.11. The van der Waals surface area contributed by atoms with Crippen molar-refractivity contribution >= 4 is 33.5 Å². The molecule has 0 fully saturated rings. The summed E-state index contributed by atoms with van der Waals surface area (Å²) in [6.45, 7) is 1.83. The van der Waals surface area contributed by atoms with Crippen LogP contribution in [-0.2, 0) is 4.79 Å². The predicted octanol–water partition coefficient (Wildman–Crippen LogP) is 2.53. The molecule has 2 N–H and O–H groups in total. The first-order valence-corrected chi connectivity index (χ1v) is 4.97. The van der Waals surface area contributed by atoms with Gasteiger partial charge in [-0.2, -0.15) is 0 Å². The fourth-order valence-electron chi connectivity index (χ4n) is 1.00. The van der Waals surface area contributed by atoms with Crippen molar-refractivity contribution in [1.82, 2.24) is 0 Å². The van der Waals surface area contributed by atoms with Crippen LogP contribution in [0.3, 0.4) is 0 Å². The van der Waals surface area contributed by atoms with Gasteiger partial charge in [-0.3, -0.25) is 0 Å². The van der Waals surface area contributed by atoms with E-state index in [-0.39, 0.29) is 10.6 Å². The lowest BCUT2D eigenvalue weighted by atomic mass is 10.1. The molecule has 0 bridgehead atoms. The maximum atomic E-state index is 10.5. The van der Waals surface area contributed by atoms with Gasteiger partial charge in [0.1, 0.15) is 0 Å². The number of carboxylic acid groups (broad SMARTS) is 1. The highest BCUT2D eigenvalue weighted by Crippen LogP contribution is 2.29. The molecule has 0 aliphatic rings. The van der Waals surface area contributed by atoms with Crippen molar-refractivity contribution in [1.29, 1.82) is 0 Å². The lowest BCUT2D eigenvalue weighted by Gasteiger charge is -2.10. The summed E-state index contributed by atoms with van der Waals surface area (Å²) in [6.07, 6.45) is -1.58. The Labute approximate surface area is 94.4 Å². The van der Waals surface area contributed by atoms with E-state index in [9.17, 15) is 9.90 Å². The first-order chi connectivity index (χ1) is 6.43. The molecule has 0 spiro atoms. The van der Waals surface area contributed by atoms with Gasteiger partial charge in [-0.15, -0.1) is 0 Å². The lowest BCUT2D eigenvalue weighted by Crippen LogP contribution is -2.11. The molecular formula is C9H8BrClO3. The molecule has 0 saturated heterocycles. The Morgan fingerprint density at radius 1 is 1.57 bits per heavy atom. The number of aliphatic carboxylic acids is 1. The van der Waals surface area contributed by atoms with E-state index in [2.05, 4.69) is 15.9 Å². The van der Waals surface area contributed by atoms with Crippen LogP contribution in [-0.4, -0.2) is 16.2 Å². The van der Waals surface area contributed by atoms with Gasteiger partial charge in [0.05, 0.1) is 0 Å². The summed E-state index contributed by atoms with van der Waals surface area (Å²) in [4.78, 5) is 10.5. The van der Waals surface area contributed by atoms with Crippen molar-refractivity contribution < 1.29 is 15.0 Å². The molecule has 14 heavy (non-hydrogen) atoms. The van der Waals surface area contributed by atoms with Gasteiger partial charge in [0, 0.05) is 15.1 Å². The van der Waals surface area contributed by atoms with Crippen molar-refractivity contribution in [3.05, 3.63) is 32.8 Å². The van der Waals surface area contributed by atoms with E-state index < -0.39 is 12.1 Å². The molecule has 3 nitrogen and oxygen atoms in total. The van der Waals surface area contributed by atoms with Crippen molar-refractivity contribution in [3.63, 3.8) is 0 Å². The van der Waals surface area contributed by atoms with Crippen LogP contribution in [0.1, 0.15) is 17.2 Å². The summed E-state index contributed by atoms with van der Waals surface area (Å²) in [5.74, 6) is -1.32. The van der Waals surface area contributed by atoms with Crippen LogP contribution in [0, 0.1) is 6.92 Å². The molecule has 0 radical (unpaired) electrons. The number of hydrogen-bond acceptors (Lipinski definition) is 2. The zero-order chi connectivity index (χ0) is 10.9. The molecule has 0 saturated carbocycles. The van der Waals surface area contributed by atoms with Crippen molar-refractivity contribution in [2.45, 2.75) is 13.0 Å². The molecular weight excluding hydrogens is 271 g/mol. The van der Waals surface area contributed by atoms with Gasteiger partial charge in [0.2, 0.25) is 0 Å². The smallest absolute Gasteiger partial charge is 0.337 e. The Morgan fingerprint density at radius 2 is 2.14 bits per heavy atom. The lowest BCUT2D eigenvalue weighted by molar-refractivity contribution is -0.146. The molecule has 5 heteroatoms. The Kier molecular flexibility index (Phi) is 3.53. The summed E-state index contributed by atoms with van der Waals surface area (Å²) in [5, 5.41) is 18.1. The van der Waals surface area contributed by atoms with Crippen LogP contribution >= 0.6 is 27.5 Å². The van der Waals surface area contributed by atoms with E-state index in [0.29, 0.717) is 0 Å². The van der Waals surface area contributed by atoms with Crippen molar-refractivity contribution in [3.8, 4) is 0 Å². The zero-order valence-corrected chi connectivity index (χ0v) is 9.63. The molecule has 1 rings (SSSR count). The molecule has 1 atom stereocenters. The van der Waals surface area contributed by atoms with Crippen LogP contribution in [0.25, 0.3) is 0 Å². The van der Waals surface area contributed by atoms with E-state index in [1.54, 1.807) is 6.07 Å². The molecule has 1 aromatic rings. The number of carbonyl (C=O) groups is 1. The number of hydrogen-bond donors (Lipinski definition) is 2. The van der Waals surface area contributed by atoms with Gasteiger partial charge in [-0.05, 0) is 24.6 Å².